The van der Waals surface area contributed by atoms with Gasteiger partial charge in [-0.2, -0.15) is 10.4 Å². The van der Waals surface area contributed by atoms with Gasteiger partial charge in [-0.3, -0.25) is 9.67 Å². The quantitative estimate of drug-likeness (QED) is 0.587. The summed E-state index contributed by atoms with van der Waals surface area (Å²) in [6, 6.07) is 7.54. The monoisotopic (exact) mass is 467 g/mol. The fraction of sp³-hybridized carbons (Fsp3) is 0.217. The first-order chi connectivity index (χ1) is 16.2. The molecule has 0 radical (unpaired) electrons. The Morgan fingerprint density at radius 3 is 2.82 bits per heavy atom. The van der Waals surface area contributed by atoms with Crippen LogP contribution in [0.1, 0.15) is 30.0 Å². The summed E-state index contributed by atoms with van der Waals surface area (Å²) in [6.45, 7) is 1.67. The number of halogens is 3. The molecule has 2 bridgehead atoms. The third kappa shape index (κ3) is 4.30. The van der Waals surface area contributed by atoms with Gasteiger partial charge in [-0.1, -0.05) is 0 Å². The molecule has 8 nitrogen and oxygen atoms in total. The number of aromatic nitrogens is 3. The molecule has 0 amide bonds. The summed E-state index contributed by atoms with van der Waals surface area (Å²) in [6.07, 6.45) is -1.09. The van der Waals surface area contributed by atoms with Crippen LogP contribution in [0.2, 0.25) is 0 Å². The molecule has 2 aromatic heterocycles. The van der Waals surface area contributed by atoms with Gasteiger partial charge in [0.05, 0.1) is 17.1 Å². The zero-order chi connectivity index (χ0) is 24.6. The molecule has 4 N–H and O–H groups in total. The lowest BCUT2D eigenvalue weighted by Gasteiger charge is -2.20. The molecule has 1 aliphatic rings. The summed E-state index contributed by atoms with van der Waals surface area (Å²) in [5.41, 5.74) is 13.2. The summed E-state index contributed by atoms with van der Waals surface area (Å²) in [5, 5.41) is 13.9. The Hall–Kier alpha value is -4.33. The smallest absolute Gasteiger partial charge is 0.277 e. The number of hydrogen-bond acceptors (Lipinski definition) is 7. The number of rotatable bonds is 2. The first-order valence-electron chi connectivity index (χ1n) is 10.2. The van der Waals surface area contributed by atoms with Gasteiger partial charge in [0.1, 0.15) is 18.0 Å². The van der Waals surface area contributed by atoms with Gasteiger partial charge in [0.15, 0.2) is 17.3 Å². The molecule has 0 fully saturated rings. The third-order valence-electron chi connectivity index (χ3n) is 5.37. The number of benzene rings is 1. The normalized spacial score (nSPS) is 15.9. The Balaban J connectivity index is 2.04. The van der Waals surface area contributed by atoms with Crippen LogP contribution >= 0.6 is 0 Å². The summed E-state index contributed by atoms with van der Waals surface area (Å²) in [4.78, 5) is 8.71. The van der Waals surface area contributed by atoms with Crippen LogP contribution in [0.15, 0.2) is 47.2 Å². The highest BCUT2D eigenvalue weighted by Gasteiger charge is 2.24. The number of nitriles is 1. The van der Waals surface area contributed by atoms with Crippen molar-refractivity contribution in [1.29, 1.82) is 5.26 Å². The van der Waals surface area contributed by atoms with Crippen LogP contribution < -0.4 is 16.2 Å². The van der Waals surface area contributed by atoms with Crippen molar-refractivity contribution < 1.29 is 17.9 Å². The number of hydrogen-bond donors (Lipinski definition) is 2. The lowest BCUT2D eigenvalue weighted by atomic mass is 10.00. The van der Waals surface area contributed by atoms with Gasteiger partial charge >= 0.3 is 0 Å². The minimum Gasteiger partial charge on any atom is -0.482 e. The molecule has 174 valence electrons. The summed E-state index contributed by atoms with van der Waals surface area (Å²) in [7, 11) is 1.62. The highest BCUT2D eigenvalue weighted by Crippen LogP contribution is 2.37. The van der Waals surface area contributed by atoms with E-state index >= 15 is 0 Å². The van der Waals surface area contributed by atoms with Gasteiger partial charge in [0, 0.05) is 42.1 Å². The Labute approximate surface area is 193 Å². The van der Waals surface area contributed by atoms with Gasteiger partial charge in [0.25, 0.3) is 6.43 Å². The van der Waals surface area contributed by atoms with Crippen LogP contribution in [0.25, 0.3) is 11.1 Å². The van der Waals surface area contributed by atoms with Crippen LogP contribution in [0, 0.1) is 17.1 Å². The van der Waals surface area contributed by atoms with Crippen LogP contribution in [0.4, 0.5) is 24.7 Å². The average Bonchev–Trinajstić information content (AvgIpc) is 3.10. The molecule has 1 atom stereocenters. The molecular formula is C23H20F3N7O. The standard InChI is InChI=1S/C23H20F3N7O/c1-11-15-6-13(24)3-4-17(15)31-14(7-16(28)22(25)26)8-19-21(18(9-27)32-33(19)2)12-5-20(34-11)23(29)30-10-12/h3-7,10-11,22H,8,28H2,1-2H3,(H2,29,30)/t11-/m1/s1. The molecule has 11 heteroatoms. The van der Waals surface area contributed by atoms with E-state index in [4.69, 9.17) is 16.2 Å². The summed E-state index contributed by atoms with van der Waals surface area (Å²) >= 11 is 0. The van der Waals surface area contributed by atoms with Gasteiger partial charge < -0.3 is 16.2 Å². The number of alkyl halides is 2. The van der Waals surface area contributed by atoms with Crippen molar-refractivity contribution in [3.05, 3.63) is 65.0 Å². The number of aryl methyl sites for hydroxylation is 1. The number of nitrogens with two attached hydrogens (primary N) is 2. The summed E-state index contributed by atoms with van der Waals surface area (Å²) in [5.74, 6) is -0.190. The maximum Gasteiger partial charge on any atom is 0.277 e. The Morgan fingerprint density at radius 2 is 2.12 bits per heavy atom. The molecule has 3 aromatic rings. The first kappa shape index (κ1) is 22.8. The molecule has 0 saturated carbocycles. The highest BCUT2D eigenvalue weighted by atomic mass is 19.3. The van der Waals surface area contributed by atoms with Gasteiger partial charge in [-0.25, -0.2) is 18.2 Å². The minimum atomic E-state index is -2.90. The highest BCUT2D eigenvalue weighted by molar-refractivity contribution is 5.99. The van der Waals surface area contributed by atoms with Gasteiger partial charge in [-0.15, -0.1) is 0 Å². The minimum absolute atomic E-state index is 0.000300. The fourth-order valence-corrected chi connectivity index (χ4v) is 3.74. The third-order valence-corrected chi connectivity index (χ3v) is 5.37. The van der Waals surface area contributed by atoms with E-state index in [1.807, 2.05) is 6.07 Å². The van der Waals surface area contributed by atoms with E-state index in [1.165, 1.54) is 29.1 Å². The number of nitrogen functional groups attached to an aromatic ring is 1. The van der Waals surface area contributed by atoms with Crippen LogP contribution in [-0.4, -0.2) is 26.9 Å². The Bertz CT molecular complexity index is 1370. The SMILES string of the molecule is C[C@H]1Oc2cc(cnc2N)-c2c(C#N)nn(C)c2CC(C=C(N)C(F)F)=Nc2ccc(F)cc21. The Morgan fingerprint density at radius 1 is 1.35 bits per heavy atom. The van der Waals surface area contributed by atoms with Crippen molar-refractivity contribution in [2.75, 3.05) is 5.73 Å². The maximum atomic E-state index is 14.1. The lowest BCUT2D eigenvalue weighted by molar-refractivity contribution is 0.188. The fourth-order valence-electron chi connectivity index (χ4n) is 3.74. The van der Waals surface area contributed by atoms with E-state index in [9.17, 15) is 18.4 Å². The number of anilines is 1. The second kappa shape index (κ2) is 8.90. The van der Waals surface area contributed by atoms with Gasteiger partial charge in [-0.05, 0) is 37.3 Å². The zero-order valence-electron chi connectivity index (χ0n) is 18.3. The van der Waals surface area contributed by atoms with E-state index in [0.29, 0.717) is 28.1 Å². The second-order valence-electron chi connectivity index (χ2n) is 7.70. The topological polar surface area (TPSA) is 128 Å². The van der Waals surface area contributed by atoms with E-state index in [0.717, 1.165) is 6.08 Å². The van der Waals surface area contributed by atoms with Gasteiger partial charge in [0.2, 0.25) is 0 Å². The largest absolute Gasteiger partial charge is 0.482 e. The molecule has 3 heterocycles. The average molecular weight is 467 g/mol. The van der Waals surface area contributed by atoms with E-state index in [1.54, 1.807) is 20.0 Å². The molecule has 1 aliphatic heterocycles. The predicted molar refractivity (Wildman–Crippen MR) is 120 cm³/mol. The summed E-state index contributed by atoms with van der Waals surface area (Å²) < 4.78 is 48.1. The molecule has 0 saturated heterocycles. The molecule has 4 rings (SSSR count). The van der Waals surface area contributed by atoms with Crippen LogP contribution in [0.3, 0.4) is 0 Å². The van der Waals surface area contributed by atoms with Crippen molar-refractivity contribution in [3.8, 4) is 22.9 Å². The zero-order valence-corrected chi connectivity index (χ0v) is 18.3. The number of allylic oxidation sites excluding steroid dienone is 2. The maximum absolute atomic E-state index is 14.1. The molecule has 0 aliphatic carbocycles. The molecule has 0 spiro atoms. The van der Waals surface area contributed by atoms with E-state index < -0.39 is 24.0 Å². The van der Waals surface area contributed by atoms with Crippen molar-refractivity contribution in [2.24, 2.45) is 17.8 Å². The van der Waals surface area contributed by atoms with Crippen molar-refractivity contribution in [2.45, 2.75) is 25.9 Å². The molecule has 0 unspecified atom stereocenters. The van der Waals surface area contributed by atoms with E-state index in [-0.39, 0.29) is 29.4 Å². The molecule has 1 aromatic carbocycles. The number of pyridine rings is 1. The molecular weight excluding hydrogens is 447 g/mol. The van der Waals surface area contributed by atoms with Crippen LogP contribution in [-0.2, 0) is 13.5 Å². The predicted octanol–water partition coefficient (Wildman–Crippen LogP) is 3.95. The first-order valence-corrected chi connectivity index (χ1v) is 10.2. The Kier molecular flexibility index (Phi) is 5.98. The van der Waals surface area contributed by atoms with Crippen LogP contribution in [0.5, 0.6) is 5.75 Å². The molecule has 34 heavy (non-hydrogen) atoms. The van der Waals surface area contributed by atoms with Crippen molar-refractivity contribution in [3.63, 3.8) is 0 Å². The number of nitrogens with zero attached hydrogens (tertiary/aromatic N) is 5. The van der Waals surface area contributed by atoms with Crippen molar-refractivity contribution in [1.82, 2.24) is 14.8 Å². The lowest BCUT2D eigenvalue weighted by Crippen LogP contribution is -2.14. The van der Waals surface area contributed by atoms with E-state index in [2.05, 4.69) is 15.1 Å². The second-order valence-corrected chi connectivity index (χ2v) is 7.70. The number of ether oxygens (including phenoxy) is 1. The van der Waals surface area contributed by atoms with Crippen molar-refractivity contribution >= 4 is 17.2 Å². The number of fused-ring (bicyclic) bond motifs is 5. The number of aliphatic imine (C=N–C) groups is 1.